The van der Waals surface area contributed by atoms with Gasteiger partial charge in [-0.2, -0.15) is 0 Å². The van der Waals surface area contributed by atoms with E-state index < -0.39 is 5.91 Å². The standard InChI is InChI=1S/C13H18N2O2S/c1-4-10-8-11(14-5-2)6-7-12(10)18-9(3)13(16)15-17/h5-9,14,17H,2,4H2,1,3H3,(H,15,16). The van der Waals surface area contributed by atoms with E-state index in [1.165, 1.54) is 11.8 Å². The maximum Gasteiger partial charge on any atom is 0.256 e. The van der Waals surface area contributed by atoms with Crippen molar-refractivity contribution < 1.29 is 10.0 Å². The molecule has 0 spiro atoms. The summed E-state index contributed by atoms with van der Waals surface area (Å²) in [5, 5.41) is 11.3. The van der Waals surface area contributed by atoms with Crippen molar-refractivity contribution in [2.45, 2.75) is 30.4 Å². The minimum atomic E-state index is -0.393. The van der Waals surface area contributed by atoms with E-state index in [2.05, 4.69) is 18.8 Å². The van der Waals surface area contributed by atoms with Gasteiger partial charge in [-0.3, -0.25) is 10.0 Å². The van der Waals surface area contributed by atoms with Crippen LogP contribution in [-0.2, 0) is 11.2 Å². The van der Waals surface area contributed by atoms with E-state index in [4.69, 9.17) is 5.21 Å². The highest BCUT2D eigenvalue weighted by Gasteiger charge is 2.15. The van der Waals surface area contributed by atoms with Crippen LogP contribution in [0.4, 0.5) is 5.69 Å². The zero-order valence-electron chi connectivity index (χ0n) is 10.6. The number of carbonyl (C=O) groups excluding carboxylic acids is 1. The topological polar surface area (TPSA) is 61.4 Å². The van der Waals surface area contributed by atoms with Gasteiger partial charge < -0.3 is 5.32 Å². The van der Waals surface area contributed by atoms with Crippen LogP contribution in [0, 0.1) is 0 Å². The SMILES string of the molecule is C=CNc1ccc(SC(C)C(=O)NO)c(CC)c1. The second-order valence-electron chi connectivity index (χ2n) is 3.76. The summed E-state index contributed by atoms with van der Waals surface area (Å²) in [6, 6.07) is 5.94. The van der Waals surface area contributed by atoms with Gasteiger partial charge in [-0.1, -0.05) is 13.5 Å². The molecule has 0 aliphatic heterocycles. The van der Waals surface area contributed by atoms with Crippen molar-refractivity contribution in [1.82, 2.24) is 5.48 Å². The van der Waals surface area contributed by atoms with E-state index in [1.807, 2.05) is 18.2 Å². The average Bonchev–Trinajstić information content (AvgIpc) is 2.39. The lowest BCUT2D eigenvalue weighted by Crippen LogP contribution is -2.27. The highest BCUT2D eigenvalue weighted by Crippen LogP contribution is 2.29. The zero-order valence-corrected chi connectivity index (χ0v) is 11.4. The Kier molecular flexibility index (Phi) is 5.74. The Hall–Kier alpha value is -1.46. The first-order chi connectivity index (χ1) is 8.62. The van der Waals surface area contributed by atoms with Crippen molar-refractivity contribution in [3.63, 3.8) is 0 Å². The fraction of sp³-hybridized carbons (Fsp3) is 0.308. The highest BCUT2D eigenvalue weighted by atomic mass is 32.2. The lowest BCUT2D eigenvalue weighted by Gasteiger charge is -2.13. The van der Waals surface area contributed by atoms with E-state index in [0.29, 0.717) is 0 Å². The Morgan fingerprint density at radius 2 is 2.33 bits per heavy atom. The molecule has 0 heterocycles. The summed E-state index contributed by atoms with van der Waals surface area (Å²) in [5.74, 6) is -0.393. The van der Waals surface area contributed by atoms with E-state index in [1.54, 1.807) is 18.6 Å². The molecule has 0 fully saturated rings. The smallest absolute Gasteiger partial charge is 0.256 e. The van der Waals surface area contributed by atoms with Crippen molar-refractivity contribution in [2.24, 2.45) is 0 Å². The van der Waals surface area contributed by atoms with Crippen molar-refractivity contribution in [3.05, 3.63) is 36.5 Å². The van der Waals surface area contributed by atoms with E-state index in [-0.39, 0.29) is 5.25 Å². The lowest BCUT2D eigenvalue weighted by atomic mass is 10.1. The minimum absolute atomic E-state index is 0.335. The first-order valence-corrected chi connectivity index (χ1v) is 6.61. The molecule has 1 amide bonds. The van der Waals surface area contributed by atoms with Gasteiger partial charge >= 0.3 is 0 Å². The molecule has 98 valence electrons. The largest absolute Gasteiger partial charge is 0.362 e. The molecular weight excluding hydrogens is 248 g/mol. The first-order valence-electron chi connectivity index (χ1n) is 5.73. The number of hydrogen-bond donors (Lipinski definition) is 3. The molecule has 1 aromatic carbocycles. The number of aryl methyl sites for hydroxylation is 1. The van der Waals surface area contributed by atoms with Crippen molar-refractivity contribution >= 4 is 23.4 Å². The number of rotatable bonds is 6. The van der Waals surface area contributed by atoms with Crippen LogP contribution in [0.25, 0.3) is 0 Å². The third-order valence-electron chi connectivity index (χ3n) is 2.49. The molecule has 4 nitrogen and oxygen atoms in total. The lowest BCUT2D eigenvalue weighted by molar-refractivity contribution is -0.128. The van der Waals surface area contributed by atoms with Crippen LogP contribution >= 0.6 is 11.8 Å². The van der Waals surface area contributed by atoms with Gasteiger partial charge in [0.15, 0.2) is 0 Å². The Labute approximate surface area is 111 Å². The molecule has 18 heavy (non-hydrogen) atoms. The first kappa shape index (κ1) is 14.6. The molecule has 0 saturated carbocycles. The fourth-order valence-electron chi connectivity index (χ4n) is 1.51. The number of thioether (sulfide) groups is 1. The zero-order chi connectivity index (χ0) is 13.5. The molecule has 1 rings (SSSR count). The molecule has 1 aromatic rings. The predicted octanol–water partition coefficient (Wildman–Crippen LogP) is 2.79. The van der Waals surface area contributed by atoms with Crippen LogP contribution in [0.1, 0.15) is 19.4 Å². The molecule has 0 aromatic heterocycles. The normalized spacial score (nSPS) is 11.7. The van der Waals surface area contributed by atoms with Crippen LogP contribution in [0.3, 0.4) is 0 Å². The molecule has 3 N–H and O–H groups in total. The Morgan fingerprint density at radius 3 is 2.89 bits per heavy atom. The second-order valence-corrected chi connectivity index (χ2v) is 5.14. The quantitative estimate of drug-likeness (QED) is 0.421. The maximum atomic E-state index is 11.3. The van der Waals surface area contributed by atoms with Crippen LogP contribution in [0.5, 0.6) is 0 Å². The van der Waals surface area contributed by atoms with Gasteiger partial charge in [0, 0.05) is 10.6 Å². The molecular formula is C13H18N2O2S. The predicted molar refractivity (Wildman–Crippen MR) is 74.9 cm³/mol. The molecule has 0 saturated heterocycles. The van der Waals surface area contributed by atoms with Crippen LogP contribution < -0.4 is 10.8 Å². The number of amides is 1. The summed E-state index contributed by atoms with van der Waals surface area (Å²) in [7, 11) is 0. The molecule has 0 bridgehead atoms. The third-order valence-corrected chi connectivity index (χ3v) is 3.71. The van der Waals surface area contributed by atoms with Crippen molar-refractivity contribution in [2.75, 3.05) is 5.32 Å². The number of hydrogen-bond acceptors (Lipinski definition) is 4. The number of carbonyl (C=O) groups is 1. The van der Waals surface area contributed by atoms with Gasteiger partial charge in [0.1, 0.15) is 0 Å². The molecule has 0 aliphatic rings. The molecule has 1 unspecified atom stereocenters. The van der Waals surface area contributed by atoms with Gasteiger partial charge in [0.25, 0.3) is 5.91 Å². The second kappa shape index (κ2) is 7.08. The molecule has 0 aliphatic carbocycles. The maximum absolute atomic E-state index is 11.3. The van der Waals surface area contributed by atoms with Gasteiger partial charge in [-0.05, 0) is 43.3 Å². The molecule has 0 radical (unpaired) electrons. The van der Waals surface area contributed by atoms with E-state index >= 15 is 0 Å². The summed E-state index contributed by atoms with van der Waals surface area (Å²) < 4.78 is 0. The fourth-order valence-corrected chi connectivity index (χ4v) is 2.56. The van der Waals surface area contributed by atoms with Gasteiger partial charge in [0.2, 0.25) is 0 Å². The van der Waals surface area contributed by atoms with E-state index in [0.717, 1.165) is 22.6 Å². The molecule has 5 heteroatoms. The highest BCUT2D eigenvalue weighted by molar-refractivity contribution is 8.00. The third kappa shape index (κ3) is 3.78. The average molecular weight is 266 g/mol. The van der Waals surface area contributed by atoms with Gasteiger partial charge in [0.05, 0.1) is 5.25 Å². The summed E-state index contributed by atoms with van der Waals surface area (Å²) in [4.78, 5) is 12.3. The van der Waals surface area contributed by atoms with Crippen LogP contribution in [0.2, 0.25) is 0 Å². The summed E-state index contributed by atoms with van der Waals surface area (Å²) in [5.41, 5.74) is 3.80. The minimum Gasteiger partial charge on any atom is -0.362 e. The Bertz CT molecular complexity index is 435. The van der Waals surface area contributed by atoms with Crippen LogP contribution in [0.15, 0.2) is 35.9 Å². The summed E-state index contributed by atoms with van der Waals surface area (Å²) >= 11 is 1.43. The number of benzene rings is 1. The Morgan fingerprint density at radius 1 is 1.61 bits per heavy atom. The van der Waals surface area contributed by atoms with Gasteiger partial charge in [-0.25, -0.2) is 5.48 Å². The number of hydroxylamine groups is 1. The summed E-state index contributed by atoms with van der Waals surface area (Å²) in [6.07, 6.45) is 2.51. The number of anilines is 1. The Balaban J connectivity index is 2.88. The van der Waals surface area contributed by atoms with Crippen molar-refractivity contribution in [3.8, 4) is 0 Å². The summed E-state index contributed by atoms with van der Waals surface area (Å²) in [6.45, 7) is 7.44. The monoisotopic (exact) mass is 266 g/mol. The van der Waals surface area contributed by atoms with Crippen molar-refractivity contribution in [1.29, 1.82) is 0 Å². The van der Waals surface area contributed by atoms with E-state index in [9.17, 15) is 4.79 Å². The van der Waals surface area contributed by atoms with Crippen LogP contribution in [-0.4, -0.2) is 16.4 Å². The van der Waals surface area contributed by atoms with Gasteiger partial charge in [-0.15, -0.1) is 11.8 Å². The molecule has 1 atom stereocenters. The number of nitrogens with one attached hydrogen (secondary N) is 2.